The number of anilines is 3. The molecule has 0 saturated carbocycles. The number of thiazole rings is 1. The molecule has 5 aromatic rings. The van der Waals surface area contributed by atoms with Gasteiger partial charge in [-0.2, -0.15) is 0 Å². The number of hydrogen-bond donors (Lipinski definition) is 0. The van der Waals surface area contributed by atoms with Gasteiger partial charge in [-0.25, -0.2) is 0 Å². The van der Waals surface area contributed by atoms with Gasteiger partial charge in [0.15, 0.2) is 5.52 Å². The lowest BCUT2D eigenvalue weighted by atomic mass is 9.82. The van der Waals surface area contributed by atoms with E-state index in [0.717, 1.165) is 32.8 Å². The molecule has 4 aromatic carbocycles. The van der Waals surface area contributed by atoms with Crippen LogP contribution in [0.1, 0.15) is 16.1 Å². The molecule has 196 valence electrons. The quantitative estimate of drug-likeness (QED) is 0.224. The molecule has 2 heterocycles. The SMILES string of the molecule is CN(C)c1ccc(C2=C(c3ccccc3)c3sc4ccccc4[n+]3[B-](F)(F)N2c2ccc(N(C)C)cc2)cc1. The van der Waals surface area contributed by atoms with Gasteiger partial charge >= 0.3 is 6.97 Å². The first-order valence-corrected chi connectivity index (χ1v) is 13.7. The van der Waals surface area contributed by atoms with Crippen LogP contribution in [0, 0.1) is 0 Å². The Balaban J connectivity index is 1.73. The van der Waals surface area contributed by atoms with Crippen molar-refractivity contribution in [2.24, 2.45) is 0 Å². The van der Waals surface area contributed by atoms with E-state index in [1.54, 1.807) is 18.2 Å². The monoisotopic (exact) mass is 538 g/mol. The maximum Gasteiger partial charge on any atom is 0.738 e. The van der Waals surface area contributed by atoms with E-state index in [0.29, 0.717) is 21.9 Å². The van der Waals surface area contributed by atoms with Crippen LogP contribution < -0.4 is 19.1 Å². The van der Waals surface area contributed by atoms with E-state index >= 15 is 8.63 Å². The molecule has 0 N–H and O–H groups in total. The van der Waals surface area contributed by atoms with Crippen LogP contribution in [-0.2, 0) is 0 Å². The first-order chi connectivity index (χ1) is 18.8. The van der Waals surface area contributed by atoms with E-state index in [1.807, 2.05) is 123 Å². The van der Waals surface area contributed by atoms with Crippen LogP contribution in [0.5, 0.6) is 0 Å². The van der Waals surface area contributed by atoms with Gasteiger partial charge in [-0.05, 0) is 53.6 Å². The zero-order chi connectivity index (χ0) is 27.3. The third kappa shape index (κ3) is 4.16. The molecular weight excluding hydrogens is 509 g/mol. The fourth-order valence-electron chi connectivity index (χ4n) is 5.26. The molecule has 4 nitrogen and oxygen atoms in total. The third-order valence-corrected chi connectivity index (χ3v) is 8.39. The molecule has 1 aromatic heterocycles. The maximum absolute atomic E-state index is 17.1. The normalized spacial score (nSPS) is 14.5. The Morgan fingerprint density at radius 2 is 1.23 bits per heavy atom. The Kier molecular flexibility index (Phi) is 6.15. The highest BCUT2D eigenvalue weighted by Gasteiger charge is 2.56. The number of hydrogen-bond acceptors (Lipinski definition) is 4. The number of fused-ring (bicyclic) bond motifs is 3. The predicted molar refractivity (Wildman–Crippen MR) is 162 cm³/mol. The maximum atomic E-state index is 17.1. The second-order valence-electron chi connectivity index (χ2n) is 10.1. The molecule has 1 aliphatic heterocycles. The van der Waals surface area contributed by atoms with Crippen molar-refractivity contribution < 1.29 is 13.1 Å². The molecule has 39 heavy (non-hydrogen) atoms. The smallest absolute Gasteiger partial charge is 0.389 e. The standard InChI is InChI=1S/C31H29BF2N4S/c1-35(2)24-16-14-23(15-17-24)30-29(22-10-6-5-7-11-22)31-38(27-12-8-9-13-28(27)39-31)32(33,34)37(30)26-20-18-25(19-21-26)36(3)4/h5-21H,1-4H3. The molecule has 0 amide bonds. The molecule has 0 aliphatic carbocycles. The van der Waals surface area contributed by atoms with Gasteiger partial charge in [0.05, 0.1) is 10.3 Å². The predicted octanol–water partition coefficient (Wildman–Crippen LogP) is 6.98. The van der Waals surface area contributed by atoms with Crippen molar-refractivity contribution in [2.45, 2.75) is 0 Å². The second-order valence-corrected chi connectivity index (χ2v) is 11.2. The number of halogens is 2. The van der Waals surface area contributed by atoms with Crippen molar-refractivity contribution in [1.29, 1.82) is 0 Å². The zero-order valence-corrected chi connectivity index (χ0v) is 23.2. The fraction of sp³-hybridized carbons (Fsp3) is 0.129. The van der Waals surface area contributed by atoms with Gasteiger partial charge in [0, 0.05) is 57.0 Å². The minimum absolute atomic E-state index is 0.444. The van der Waals surface area contributed by atoms with E-state index in [-0.39, 0.29) is 0 Å². The first kappa shape index (κ1) is 25.1. The molecular formula is C31H29BF2N4S. The van der Waals surface area contributed by atoms with Gasteiger partial charge in [-0.1, -0.05) is 65.9 Å². The Morgan fingerprint density at radius 3 is 1.85 bits per heavy atom. The summed E-state index contributed by atoms with van der Waals surface area (Å²) in [5.74, 6) is 0. The molecule has 0 saturated heterocycles. The lowest BCUT2D eigenvalue weighted by Crippen LogP contribution is -2.71. The van der Waals surface area contributed by atoms with E-state index in [4.69, 9.17) is 0 Å². The van der Waals surface area contributed by atoms with Crippen molar-refractivity contribution in [3.63, 3.8) is 0 Å². The molecule has 0 radical (unpaired) electrons. The van der Waals surface area contributed by atoms with Gasteiger partial charge in [-0.3, -0.25) is 0 Å². The molecule has 0 fully saturated rings. The highest BCUT2D eigenvalue weighted by molar-refractivity contribution is 7.19. The average molecular weight is 538 g/mol. The summed E-state index contributed by atoms with van der Waals surface area (Å²) in [4.78, 5) is 5.24. The summed E-state index contributed by atoms with van der Waals surface area (Å²) in [7, 11) is 7.83. The number of benzene rings is 4. The summed E-state index contributed by atoms with van der Waals surface area (Å²) in [6.45, 7) is -4.25. The van der Waals surface area contributed by atoms with Crippen LogP contribution in [0.3, 0.4) is 0 Å². The summed E-state index contributed by atoms with van der Waals surface area (Å²) in [6.07, 6.45) is 0. The summed E-state index contributed by atoms with van der Waals surface area (Å²) >= 11 is 1.41. The van der Waals surface area contributed by atoms with Crippen molar-refractivity contribution in [1.82, 2.24) is 0 Å². The zero-order valence-electron chi connectivity index (χ0n) is 22.3. The van der Waals surface area contributed by atoms with Crippen molar-refractivity contribution in [3.05, 3.63) is 119 Å². The minimum atomic E-state index is -4.25. The number of rotatable bonds is 5. The molecule has 0 unspecified atom stereocenters. The topological polar surface area (TPSA) is 13.6 Å². The summed E-state index contributed by atoms with van der Waals surface area (Å²) in [5, 5.41) is 0.556. The van der Waals surface area contributed by atoms with Gasteiger partial charge < -0.3 is 27.7 Å². The summed E-state index contributed by atoms with van der Waals surface area (Å²) < 4.78 is 36.3. The Morgan fingerprint density at radius 1 is 0.667 bits per heavy atom. The molecule has 0 atom stereocenters. The largest absolute Gasteiger partial charge is 0.738 e. The molecule has 6 rings (SSSR count). The second kappa shape index (κ2) is 9.54. The van der Waals surface area contributed by atoms with Crippen LogP contribution in [0.15, 0.2) is 103 Å². The molecule has 8 heteroatoms. The lowest BCUT2D eigenvalue weighted by molar-refractivity contribution is -0.536. The summed E-state index contributed by atoms with van der Waals surface area (Å²) in [6, 6.07) is 32.5. The minimum Gasteiger partial charge on any atom is -0.389 e. The highest BCUT2D eigenvalue weighted by atomic mass is 32.1. The fourth-order valence-corrected chi connectivity index (χ4v) is 6.53. The Bertz CT molecular complexity index is 1680. The van der Waals surface area contributed by atoms with Gasteiger partial charge in [0.2, 0.25) is 5.01 Å². The van der Waals surface area contributed by atoms with Crippen molar-refractivity contribution >= 4 is 56.9 Å². The van der Waals surface area contributed by atoms with Gasteiger partial charge in [-0.15, -0.1) is 0 Å². The van der Waals surface area contributed by atoms with Gasteiger partial charge in [0.25, 0.3) is 0 Å². The van der Waals surface area contributed by atoms with E-state index < -0.39 is 6.97 Å². The number of para-hydroxylation sites is 1. The third-order valence-electron chi connectivity index (χ3n) is 7.23. The van der Waals surface area contributed by atoms with Crippen LogP contribution in [-0.4, -0.2) is 35.2 Å². The van der Waals surface area contributed by atoms with E-state index in [9.17, 15) is 0 Å². The highest BCUT2D eigenvalue weighted by Crippen LogP contribution is 2.46. The van der Waals surface area contributed by atoms with Crippen molar-refractivity contribution in [2.75, 3.05) is 42.8 Å². The van der Waals surface area contributed by atoms with Crippen LogP contribution in [0.2, 0.25) is 0 Å². The van der Waals surface area contributed by atoms with Crippen LogP contribution in [0.4, 0.5) is 25.7 Å². The van der Waals surface area contributed by atoms with Crippen LogP contribution >= 0.6 is 11.3 Å². The molecule has 0 spiro atoms. The first-order valence-electron chi connectivity index (χ1n) is 12.9. The average Bonchev–Trinajstić information content (AvgIpc) is 3.34. The Hall–Kier alpha value is -4.17. The van der Waals surface area contributed by atoms with E-state index in [1.165, 1.54) is 20.6 Å². The van der Waals surface area contributed by atoms with E-state index in [2.05, 4.69) is 0 Å². The Labute approximate surface area is 231 Å². The molecule has 1 aliphatic rings. The van der Waals surface area contributed by atoms with Crippen LogP contribution in [0.25, 0.3) is 21.5 Å². The number of aromatic nitrogens is 1. The van der Waals surface area contributed by atoms with Crippen molar-refractivity contribution in [3.8, 4) is 0 Å². The number of nitrogens with zero attached hydrogens (tertiary/aromatic N) is 4. The summed E-state index contributed by atoms with van der Waals surface area (Å²) in [5.41, 5.74) is 5.86. The van der Waals surface area contributed by atoms with Gasteiger partial charge in [0.1, 0.15) is 0 Å². The lowest BCUT2D eigenvalue weighted by Gasteiger charge is -2.41. The molecule has 0 bridgehead atoms.